The molecular weight excluding hydrogens is 218 g/mol. The van der Waals surface area contributed by atoms with Gasteiger partial charge in [-0.25, -0.2) is 0 Å². The van der Waals surface area contributed by atoms with E-state index in [1.54, 1.807) is 13.3 Å². The second-order valence-corrected chi connectivity index (χ2v) is 4.88. The lowest BCUT2D eigenvalue weighted by molar-refractivity contribution is -0.00530. The Morgan fingerprint density at radius 2 is 2.12 bits per heavy atom. The van der Waals surface area contributed by atoms with Crippen LogP contribution in [0.25, 0.3) is 0 Å². The summed E-state index contributed by atoms with van der Waals surface area (Å²) in [6, 6.07) is 0.216. The van der Waals surface area contributed by atoms with Gasteiger partial charge < -0.3 is 15.2 Å². The fourth-order valence-electron chi connectivity index (χ4n) is 2.41. The lowest BCUT2D eigenvalue weighted by Crippen LogP contribution is -2.41. The normalized spacial score (nSPS) is 19.6. The second kappa shape index (κ2) is 4.66. The standard InChI is InChI=1S/C12H21N3O2/c1-9(2)15-11(10(17-3)8-14-15)12(16)4-6-13-7-5-12/h8-9,13,16H,4-7H2,1-3H3. The van der Waals surface area contributed by atoms with E-state index in [0.717, 1.165) is 18.8 Å². The van der Waals surface area contributed by atoms with Crippen molar-refractivity contribution in [2.75, 3.05) is 20.2 Å². The highest BCUT2D eigenvalue weighted by Crippen LogP contribution is 2.37. The molecule has 2 rings (SSSR count). The van der Waals surface area contributed by atoms with Gasteiger partial charge in [0.05, 0.1) is 13.3 Å². The molecule has 96 valence electrons. The Bertz CT molecular complexity index is 381. The molecule has 1 saturated heterocycles. The van der Waals surface area contributed by atoms with Crippen molar-refractivity contribution in [1.82, 2.24) is 15.1 Å². The molecule has 0 aliphatic carbocycles. The molecule has 1 aliphatic heterocycles. The first kappa shape index (κ1) is 12.4. The van der Waals surface area contributed by atoms with Gasteiger partial charge in [-0.1, -0.05) is 0 Å². The van der Waals surface area contributed by atoms with Gasteiger partial charge in [-0.05, 0) is 39.8 Å². The average molecular weight is 239 g/mol. The maximum absolute atomic E-state index is 10.8. The highest BCUT2D eigenvalue weighted by Gasteiger charge is 2.37. The van der Waals surface area contributed by atoms with E-state index in [2.05, 4.69) is 24.3 Å². The predicted octanol–water partition coefficient (Wildman–Crippen LogP) is 1.04. The fraction of sp³-hybridized carbons (Fsp3) is 0.750. The van der Waals surface area contributed by atoms with Gasteiger partial charge >= 0.3 is 0 Å². The van der Waals surface area contributed by atoms with Gasteiger partial charge in [-0.15, -0.1) is 0 Å². The molecule has 1 fully saturated rings. The van der Waals surface area contributed by atoms with Crippen LogP contribution < -0.4 is 10.1 Å². The third-order valence-electron chi connectivity index (χ3n) is 3.34. The minimum atomic E-state index is -0.822. The van der Waals surface area contributed by atoms with Crippen LogP contribution in [0.15, 0.2) is 6.20 Å². The van der Waals surface area contributed by atoms with Crippen LogP contribution in [-0.2, 0) is 5.60 Å². The maximum Gasteiger partial charge on any atom is 0.162 e. The van der Waals surface area contributed by atoms with Gasteiger partial charge in [0.15, 0.2) is 5.75 Å². The molecule has 1 aromatic heterocycles. The van der Waals surface area contributed by atoms with Crippen molar-refractivity contribution in [1.29, 1.82) is 0 Å². The Hall–Kier alpha value is -1.07. The van der Waals surface area contributed by atoms with Gasteiger partial charge in [-0.3, -0.25) is 4.68 Å². The SMILES string of the molecule is COc1cnn(C(C)C)c1C1(O)CCNCC1. The molecule has 0 spiro atoms. The first-order valence-electron chi connectivity index (χ1n) is 6.13. The van der Waals surface area contributed by atoms with Gasteiger partial charge in [0.25, 0.3) is 0 Å². The minimum Gasteiger partial charge on any atom is -0.493 e. The molecule has 1 aromatic rings. The number of nitrogens with one attached hydrogen (secondary N) is 1. The monoisotopic (exact) mass is 239 g/mol. The molecule has 2 N–H and O–H groups in total. The number of piperidine rings is 1. The zero-order valence-corrected chi connectivity index (χ0v) is 10.7. The molecule has 0 saturated carbocycles. The number of methoxy groups -OCH3 is 1. The summed E-state index contributed by atoms with van der Waals surface area (Å²) in [4.78, 5) is 0. The van der Waals surface area contributed by atoms with Crippen molar-refractivity contribution in [3.05, 3.63) is 11.9 Å². The molecule has 2 heterocycles. The highest BCUT2D eigenvalue weighted by atomic mass is 16.5. The molecule has 0 amide bonds. The number of nitrogens with zero attached hydrogens (tertiary/aromatic N) is 2. The van der Waals surface area contributed by atoms with Crippen LogP contribution in [0.4, 0.5) is 0 Å². The third kappa shape index (κ3) is 2.17. The lowest BCUT2D eigenvalue weighted by Gasteiger charge is -2.34. The van der Waals surface area contributed by atoms with Gasteiger partial charge in [-0.2, -0.15) is 5.10 Å². The maximum atomic E-state index is 10.8. The molecule has 0 radical (unpaired) electrons. The lowest BCUT2D eigenvalue weighted by atomic mass is 9.88. The first-order valence-corrected chi connectivity index (χ1v) is 6.13. The molecule has 0 unspecified atom stereocenters. The van der Waals surface area contributed by atoms with Crippen LogP contribution in [0.2, 0.25) is 0 Å². The summed E-state index contributed by atoms with van der Waals surface area (Å²) < 4.78 is 7.20. The zero-order valence-electron chi connectivity index (χ0n) is 10.7. The largest absolute Gasteiger partial charge is 0.493 e. The van der Waals surface area contributed by atoms with Gasteiger partial charge in [0.1, 0.15) is 11.3 Å². The van der Waals surface area contributed by atoms with E-state index in [0.29, 0.717) is 18.6 Å². The van der Waals surface area contributed by atoms with Crippen LogP contribution in [0.1, 0.15) is 38.4 Å². The van der Waals surface area contributed by atoms with Crippen molar-refractivity contribution >= 4 is 0 Å². The Morgan fingerprint density at radius 1 is 1.47 bits per heavy atom. The van der Waals surface area contributed by atoms with Crippen molar-refractivity contribution < 1.29 is 9.84 Å². The van der Waals surface area contributed by atoms with E-state index in [9.17, 15) is 5.11 Å². The summed E-state index contributed by atoms with van der Waals surface area (Å²) >= 11 is 0. The number of aromatic nitrogens is 2. The van der Waals surface area contributed by atoms with Crippen LogP contribution in [0.3, 0.4) is 0 Å². The van der Waals surface area contributed by atoms with Crippen LogP contribution >= 0.6 is 0 Å². The van der Waals surface area contributed by atoms with E-state index in [4.69, 9.17) is 4.74 Å². The van der Waals surface area contributed by atoms with Crippen molar-refractivity contribution in [2.45, 2.75) is 38.3 Å². The zero-order chi connectivity index (χ0) is 12.5. The number of hydrogen-bond donors (Lipinski definition) is 2. The quantitative estimate of drug-likeness (QED) is 0.827. The molecule has 0 bridgehead atoms. The van der Waals surface area contributed by atoms with Crippen molar-refractivity contribution in [3.8, 4) is 5.75 Å². The number of hydrogen-bond acceptors (Lipinski definition) is 4. The topological polar surface area (TPSA) is 59.3 Å². The van der Waals surface area contributed by atoms with E-state index in [1.807, 2.05) is 4.68 Å². The van der Waals surface area contributed by atoms with Crippen LogP contribution in [0.5, 0.6) is 5.75 Å². The van der Waals surface area contributed by atoms with Gasteiger partial charge in [0, 0.05) is 6.04 Å². The molecular formula is C12H21N3O2. The van der Waals surface area contributed by atoms with Crippen LogP contribution in [0, 0.1) is 0 Å². The predicted molar refractivity (Wildman–Crippen MR) is 65.2 cm³/mol. The Morgan fingerprint density at radius 3 is 2.65 bits per heavy atom. The van der Waals surface area contributed by atoms with E-state index >= 15 is 0 Å². The summed E-state index contributed by atoms with van der Waals surface area (Å²) in [5, 5.41) is 18.4. The second-order valence-electron chi connectivity index (χ2n) is 4.88. The summed E-state index contributed by atoms with van der Waals surface area (Å²) in [7, 11) is 1.62. The number of rotatable bonds is 3. The first-order chi connectivity index (χ1) is 8.08. The van der Waals surface area contributed by atoms with E-state index < -0.39 is 5.60 Å². The Kier molecular flexibility index (Phi) is 3.40. The van der Waals surface area contributed by atoms with Crippen molar-refractivity contribution in [3.63, 3.8) is 0 Å². The summed E-state index contributed by atoms with van der Waals surface area (Å²) in [5.41, 5.74) is -0.00586. The average Bonchev–Trinajstić information content (AvgIpc) is 2.74. The number of aliphatic hydroxyl groups is 1. The Balaban J connectivity index is 2.43. The van der Waals surface area contributed by atoms with Crippen LogP contribution in [-0.4, -0.2) is 35.1 Å². The molecule has 0 atom stereocenters. The van der Waals surface area contributed by atoms with Gasteiger partial charge in [0.2, 0.25) is 0 Å². The molecule has 0 aromatic carbocycles. The highest BCUT2D eigenvalue weighted by molar-refractivity contribution is 5.31. The van der Waals surface area contributed by atoms with E-state index in [-0.39, 0.29) is 6.04 Å². The number of ether oxygens (including phenoxy) is 1. The summed E-state index contributed by atoms with van der Waals surface area (Å²) in [5.74, 6) is 0.683. The van der Waals surface area contributed by atoms with E-state index in [1.165, 1.54) is 0 Å². The Labute approximate surface area is 102 Å². The summed E-state index contributed by atoms with van der Waals surface area (Å²) in [6.07, 6.45) is 3.08. The van der Waals surface area contributed by atoms with Crippen molar-refractivity contribution in [2.24, 2.45) is 0 Å². The summed E-state index contributed by atoms with van der Waals surface area (Å²) in [6.45, 7) is 5.76. The molecule has 1 aliphatic rings. The fourth-order valence-corrected chi connectivity index (χ4v) is 2.41. The molecule has 17 heavy (non-hydrogen) atoms. The smallest absolute Gasteiger partial charge is 0.162 e. The molecule has 5 nitrogen and oxygen atoms in total. The third-order valence-corrected chi connectivity index (χ3v) is 3.34. The minimum absolute atomic E-state index is 0.216. The molecule has 5 heteroatoms.